The van der Waals surface area contributed by atoms with Crippen LogP contribution in [0.3, 0.4) is 0 Å². The molecule has 0 spiro atoms. The van der Waals surface area contributed by atoms with Gasteiger partial charge in [0.1, 0.15) is 12.1 Å². The van der Waals surface area contributed by atoms with Crippen LogP contribution in [-0.2, 0) is 0 Å². The molecular weight excluding hydrogens is 186 g/mol. The fourth-order valence-corrected chi connectivity index (χ4v) is 1.64. The molecule has 3 heteroatoms. The van der Waals surface area contributed by atoms with Crippen LogP contribution in [0.5, 0.6) is 0 Å². The predicted molar refractivity (Wildman–Crippen MR) is 62.7 cm³/mol. The summed E-state index contributed by atoms with van der Waals surface area (Å²) in [4.78, 5) is 8.18. The Kier molecular flexibility index (Phi) is 2.54. The fourth-order valence-electron chi connectivity index (χ4n) is 1.64. The van der Waals surface area contributed by atoms with E-state index in [9.17, 15) is 0 Å². The van der Waals surface area contributed by atoms with Crippen molar-refractivity contribution in [3.8, 4) is 0 Å². The van der Waals surface area contributed by atoms with Crippen LogP contribution in [0.25, 0.3) is 10.9 Å². The molecule has 3 nitrogen and oxygen atoms in total. The number of hydrogen-bond donors (Lipinski definition) is 1. The van der Waals surface area contributed by atoms with E-state index in [-0.39, 0.29) is 0 Å². The van der Waals surface area contributed by atoms with Gasteiger partial charge in [0.15, 0.2) is 0 Å². The largest absolute Gasteiger partial charge is 0.383 e. The molecule has 78 valence electrons. The van der Waals surface area contributed by atoms with Crippen molar-refractivity contribution < 1.29 is 0 Å². The maximum Gasteiger partial charge on any atom is 0.134 e. The number of hydrogen-bond acceptors (Lipinski definition) is 3. The van der Waals surface area contributed by atoms with Gasteiger partial charge in [0.2, 0.25) is 0 Å². The topological polar surface area (TPSA) is 51.8 Å². The molecule has 1 atom stereocenters. The second-order valence-corrected chi connectivity index (χ2v) is 3.84. The quantitative estimate of drug-likeness (QED) is 0.812. The Morgan fingerprint density at radius 3 is 2.87 bits per heavy atom. The monoisotopic (exact) mass is 201 g/mol. The standard InChI is InChI=1S/C12H15N3/c1-3-8(2)9-4-5-11-10(6-9)12(13)15-7-14-11/h4-8H,3H2,1-2H3,(H2,13,14,15). The van der Waals surface area contributed by atoms with E-state index in [4.69, 9.17) is 5.73 Å². The molecule has 0 saturated carbocycles. The van der Waals surface area contributed by atoms with Gasteiger partial charge in [-0.1, -0.05) is 19.9 Å². The highest BCUT2D eigenvalue weighted by Gasteiger charge is 2.06. The number of anilines is 1. The van der Waals surface area contributed by atoms with E-state index in [2.05, 4.69) is 35.9 Å². The summed E-state index contributed by atoms with van der Waals surface area (Å²) in [7, 11) is 0. The molecule has 0 fully saturated rings. The Bertz CT molecular complexity index is 479. The summed E-state index contributed by atoms with van der Waals surface area (Å²) < 4.78 is 0. The van der Waals surface area contributed by atoms with E-state index in [1.54, 1.807) is 0 Å². The van der Waals surface area contributed by atoms with Crippen molar-refractivity contribution in [2.75, 3.05) is 5.73 Å². The molecule has 1 aromatic heterocycles. The van der Waals surface area contributed by atoms with Crippen molar-refractivity contribution in [1.82, 2.24) is 9.97 Å². The third-order valence-electron chi connectivity index (χ3n) is 2.87. The zero-order valence-electron chi connectivity index (χ0n) is 9.07. The maximum absolute atomic E-state index is 5.82. The number of rotatable bonds is 2. The molecule has 2 N–H and O–H groups in total. The first-order valence-electron chi connectivity index (χ1n) is 5.22. The Balaban J connectivity index is 2.59. The molecule has 2 aromatic rings. The Morgan fingerprint density at radius 1 is 1.33 bits per heavy atom. The third kappa shape index (κ3) is 1.77. The van der Waals surface area contributed by atoms with Crippen molar-refractivity contribution in [1.29, 1.82) is 0 Å². The summed E-state index contributed by atoms with van der Waals surface area (Å²) in [6, 6.07) is 6.22. The summed E-state index contributed by atoms with van der Waals surface area (Å²) >= 11 is 0. The van der Waals surface area contributed by atoms with Crippen molar-refractivity contribution in [3.63, 3.8) is 0 Å². The van der Waals surface area contributed by atoms with Gasteiger partial charge in [0.25, 0.3) is 0 Å². The van der Waals surface area contributed by atoms with Crippen molar-refractivity contribution >= 4 is 16.7 Å². The molecule has 0 aliphatic carbocycles. The maximum atomic E-state index is 5.82. The second kappa shape index (κ2) is 3.85. The van der Waals surface area contributed by atoms with Crippen molar-refractivity contribution in [3.05, 3.63) is 30.1 Å². The van der Waals surface area contributed by atoms with Crippen LogP contribution >= 0.6 is 0 Å². The van der Waals surface area contributed by atoms with Gasteiger partial charge in [-0.3, -0.25) is 0 Å². The molecule has 0 radical (unpaired) electrons. The molecule has 0 bridgehead atoms. The molecular formula is C12H15N3. The Hall–Kier alpha value is -1.64. The zero-order chi connectivity index (χ0) is 10.8. The molecule has 15 heavy (non-hydrogen) atoms. The van der Waals surface area contributed by atoms with Crippen LogP contribution < -0.4 is 5.73 Å². The smallest absolute Gasteiger partial charge is 0.134 e. The highest BCUT2D eigenvalue weighted by molar-refractivity contribution is 5.88. The molecule has 0 aliphatic rings. The van der Waals surface area contributed by atoms with Crippen LogP contribution in [-0.4, -0.2) is 9.97 Å². The molecule has 1 heterocycles. The molecule has 0 aliphatic heterocycles. The van der Waals surface area contributed by atoms with Gasteiger partial charge in [-0.2, -0.15) is 0 Å². The number of fused-ring (bicyclic) bond motifs is 1. The molecule has 2 rings (SSSR count). The summed E-state index contributed by atoms with van der Waals surface area (Å²) in [5.41, 5.74) is 8.02. The van der Waals surface area contributed by atoms with Gasteiger partial charge in [-0.05, 0) is 30.0 Å². The highest BCUT2D eigenvalue weighted by atomic mass is 14.9. The van der Waals surface area contributed by atoms with Crippen LogP contribution in [0.1, 0.15) is 31.7 Å². The second-order valence-electron chi connectivity index (χ2n) is 3.84. The van der Waals surface area contributed by atoms with Crippen LogP contribution in [0, 0.1) is 0 Å². The molecule has 1 aromatic carbocycles. The molecule has 0 amide bonds. The minimum absolute atomic E-state index is 0.550. The Morgan fingerprint density at radius 2 is 2.13 bits per heavy atom. The summed E-state index contributed by atoms with van der Waals surface area (Å²) in [5, 5.41) is 0.954. The number of benzene rings is 1. The van der Waals surface area contributed by atoms with Gasteiger partial charge in [-0.25, -0.2) is 9.97 Å². The first kappa shape index (κ1) is 9.90. The number of nitrogen functional groups attached to an aromatic ring is 1. The van der Waals surface area contributed by atoms with Gasteiger partial charge >= 0.3 is 0 Å². The van der Waals surface area contributed by atoms with E-state index in [0.717, 1.165) is 17.3 Å². The molecule has 1 unspecified atom stereocenters. The van der Waals surface area contributed by atoms with Crippen molar-refractivity contribution in [2.45, 2.75) is 26.2 Å². The average Bonchev–Trinajstić information content (AvgIpc) is 2.28. The van der Waals surface area contributed by atoms with Gasteiger partial charge in [0.05, 0.1) is 5.52 Å². The molecule has 0 saturated heterocycles. The lowest BCUT2D eigenvalue weighted by Gasteiger charge is -2.10. The lowest BCUT2D eigenvalue weighted by Crippen LogP contribution is -1.96. The van der Waals surface area contributed by atoms with Gasteiger partial charge in [0, 0.05) is 5.39 Å². The third-order valence-corrected chi connectivity index (χ3v) is 2.87. The minimum atomic E-state index is 0.550. The lowest BCUT2D eigenvalue weighted by molar-refractivity contribution is 0.734. The summed E-state index contributed by atoms with van der Waals surface area (Å²) in [5.74, 6) is 1.11. The normalized spacial score (nSPS) is 12.9. The van der Waals surface area contributed by atoms with E-state index < -0.39 is 0 Å². The van der Waals surface area contributed by atoms with E-state index in [1.165, 1.54) is 11.9 Å². The van der Waals surface area contributed by atoms with E-state index in [0.29, 0.717) is 11.7 Å². The number of aromatic nitrogens is 2. The lowest BCUT2D eigenvalue weighted by atomic mass is 9.97. The SMILES string of the molecule is CCC(C)c1ccc2ncnc(N)c2c1. The number of nitrogens with two attached hydrogens (primary N) is 1. The van der Waals surface area contributed by atoms with Gasteiger partial charge < -0.3 is 5.73 Å². The van der Waals surface area contributed by atoms with E-state index >= 15 is 0 Å². The van der Waals surface area contributed by atoms with Gasteiger partial charge in [-0.15, -0.1) is 0 Å². The summed E-state index contributed by atoms with van der Waals surface area (Å²) in [6.45, 7) is 4.39. The summed E-state index contributed by atoms with van der Waals surface area (Å²) in [6.07, 6.45) is 2.62. The fraction of sp³-hybridized carbons (Fsp3) is 0.333. The number of nitrogens with zero attached hydrogens (tertiary/aromatic N) is 2. The van der Waals surface area contributed by atoms with E-state index in [1.807, 2.05) is 6.07 Å². The van der Waals surface area contributed by atoms with Crippen LogP contribution in [0.4, 0.5) is 5.82 Å². The minimum Gasteiger partial charge on any atom is -0.383 e. The Labute approximate surface area is 89.4 Å². The van der Waals surface area contributed by atoms with Crippen molar-refractivity contribution in [2.24, 2.45) is 0 Å². The predicted octanol–water partition coefficient (Wildman–Crippen LogP) is 2.73. The zero-order valence-corrected chi connectivity index (χ0v) is 9.07. The first-order chi connectivity index (χ1) is 7.22. The van der Waals surface area contributed by atoms with Crippen LogP contribution in [0.2, 0.25) is 0 Å². The highest BCUT2D eigenvalue weighted by Crippen LogP contribution is 2.24. The van der Waals surface area contributed by atoms with Crippen LogP contribution in [0.15, 0.2) is 24.5 Å². The average molecular weight is 201 g/mol. The first-order valence-corrected chi connectivity index (χ1v) is 5.22.